The second kappa shape index (κ2) is 4.93. The molecule has 3 rings (SSSR count). The molecule has 1 atom stereocenters. The maximum atomic E-state index is 11.7. The number of aromatic amines is 1. The van der Waals surface area contributed by atoms with Crippen molar-refractivity contribution in [1.29, 1.82) is 0 Å². The van der Waals surface area contributed by atoms with E-state index in [1.165, 1.54) is 6.33 Å². The van der Waals surface area contributed by atoms with Gasteiger partial charge in [0.25, 0.3) is 5.56 Å². The molecule has 1 aromatic carbocycles. The maximum absolute atomic E-state index is 11.7. The van der Waals surface area contributed by atoms with E-state index in [1.54, 1.807) is 29.7 Å². The Labute approximate surface area is 118 Å². The van der Waals surface area contributed by atoms with Gasteiger partial charge in [-0.15, -0.1) is 11.3 Å². The predicted octanol–water partition coefficient (Wildman–Crippen LogP) is 2.13. The van der Waals surface area contributed by atoms with E-state index in [9.17, 15) is 4.79 Å². The number of H-pyrrole nitrogens is 1. The number of nitrogens with zero attached hydrogens (tertiary/aromatic N) is 2. The molecular weight excluding hydrogens is 274 g/mol. The third kappa shape index (κ3) is 2.23. The van der Waals surface area contributed by atoms with Crippen LogP contribution in [0.15, 0.2) is 34.8 Å². The molecule has 3 aromatic rings. The summed E-state index contributed by atoms with van der Waals surface area (Å²) in [4.78, 5) is 22.6. The van der Waals surface area contributed by atoms with Crippen molar-refractivity contribution in [3.63, 3.8) is 0 Å². The number of nitrogens with one attached hydrogen (secondary N) is 2. The highest BCUT2D eigenvalue weighted by atomic mass is 32.1. The minimum Gasteiger partial charge on any atom is -0.397 e. The normalized spacial score (nSPS) is 12.4. The zero-order valence-corrected chi connectivity index (χ0v) is 11.6. The number of fused-ring (bicyclic) bond motifs is 1. The lowest BCUT2D eigenvalue weighted by atomic mass is 10.2. The molecule has 0 saturated heterocycles. The fraction of sp³-hybridized carbons (Fsp3) is 0.154. The van der Waals surface area contributed by atoms with Crippen LogP contribution in [0.5, 0.6) is 0 Å². The van der Waals surface area contributed by atoms with E-state index in [2.05, 4.69) is 20.3 Å². The first-order valence-corrected chi connectivity index (χ1v) is 6.96. The molecule has 0 amide bonds. The van der Waals surface area contributed by atoms with E-state index >= 15 is 0 Å². The Hall–Kier alpha value is -2.41. The highest BCUT2D eigenvalue weighted by Crippen LogP contribution is 2.27. The largest absolute Gasteiger partial charge is 0.397 e. The summed E-state index contributed by atoms with van der Waals surface area (Å²) in [6, 6.07) is 3.46. The van der Waals surface area contributed by atoms with Crippen molar-refractivity contribution in [2.45, 2.75) is 13.0 Å². The van der Waals surface area contributed by atoms with Crippen LogP contribution in [-0.4, -0.2) is 15.0 Å². The van der Waals surface area contributed by atoms with Gasteiger partial charge in [-0.3, -0.25) is 4.79 Å². The Balaban J connectivity index is 2.00. The fourth-order valence-corrected chi connectivity index (χ4v) is 2.65. The zero-order valence-electron chi connectivity index (χ0n) is 10.8. The second-order valence-corrected chi connectivity index (χ2v) is 5.35. The van der Waals surface area contributed by atoms with Gasteiger partial charge in [0.1, 0.15) is 5.01 Å². The molecule has 0 aliphatic rings. The first kappa shape index (κ1) is 12.6. The van der Waals surface area contributed by atoms with Crippen LogP contribution >= 0.6 is 11.3 Å². The molecule has 2 aromatic heterocycles. The summed E-state index contributed by atoms with van der Waals surface area (Å²) in [5, 5.41) is 6.68. The monoisotopic (exact) mass is 287 g/mol. The molecule has 0 radical (unpaired) electrons. The van der Waals surface area contributed by atoms with E-state index in [4.69, 9.17) is 5.73 Å². The quantitative estimate of drug-likeness (QED) is 0.641. The Kier molecular flexibility index (Phi) is 3.11. The lowest BCUT2D eigenvalue weighted by Crippen LogP contribution is -2.11. The maximum Gasteiger partial charge on any atom is 0.258 e. The topological polar surface area (TPSA) is 96.7 Å². The van der Waals surface area contributed by atoms with Gasteiger partial charge in [-0.2, -0.15) is 0 Å². The van der Waals surface area contributed by atoms with Crippen LogP contribution < -0.4 is 16.6 Å². The Bertz CT molecular complexity index is 796. The predicted molar refractivity (Wildman–Crippen MR) is 80.9 cm³/mol. The van der Waals surface area contributed by atoms with Crippen molar-refractivity contribution < 1.29 is 0 Å². The molecule has 0 fully saturated rings. The van der Waals surface area contributed by atoms with Crippen molar-refractivity contribution >= 4 is 33.6 Å². The smallest absolute Gasteiger partial charge is 0.258 e. The van der Waals surface area contributed by atoms with Crippen molar-refractivity contribution in [2.24, 2.45) is 0 Å². The van der Waals surface area contributed by atoms with Gasteiger partial charge in [0, 0.05) is 11.6 Å². The van der Waals surface area contributed by atoms with Gasteiger partial charge in [-0.25, -0.2) is 9.97 Å². The molecule has 0 aliphatic carbocycles. The minimum atomic E-state index is -0.193. The molecule has 0 bridgehead atoms. The molecule has 2 heterocycles. The van der Waals surface area contributed by atoms with Crippen molar-refractivity contribution in [2.75, 3.05) is 11.1 Å². The first-order chi connectivity index (χ1) is 9.65. The van der Waals surface area contributed by atoms with Gasteiger partial charge in [0.15, 0.2) is 0 Å². The van der Waals surface area contributed by atoms with E-state index in [0.717, 1.165) is 10.7 Å². The molecule has 102 valence electrons. The van der Waals surface area contributed by atoms with E-state index < -0.39 is 0 Å². The average molecular weight is 287 g/mol. The Morgan fingerprint density at radius 3 is 3.00 bits per heavy atom. The summed E-state index contributed by atoms with van der Waals surface area (Å²) in [5.74, 6) is 0. The number of hydrogen-bond acceptors (Lipinski definition) is 6. The zero-order chi connectivity index (χ0) is 14.1. The molecule has 6 nitrogen and oxygen atoms in total. The van der Waals surface area contributed by atoms with Crippen molar-refractivity contribution in [1.82, 2.24) is 15.0 Å². The van der Waals surface area contributed by atoms with Gasteiger partial charge < -0.3 is 16.0 Å². The first-order valence-electron chi connectivity index (χ1n) is 6.08. The molecule has 1 unspecified atom stereocenters. The van der Waals surface area contributed by atoms with E-state index in [-0.39, 0.29) is 11.6 Å². The average Bonchev–Trinajstić information content (AvgIpc) is 2.95. The Morgan fingerprint density at radius 1 is 1.40 bits per heavy atom. The van der Waals surface area contributed by atoms with Crippen molar-refractivity contribution in [3.05, 3.63) is 45.4 Å². The molecule has 0 aliphatic heterocycles. The molecule has 20 heavy (non-hydrogen) atoms. The summed E-state index contributed by atoms with van der Waals surface area (Å²) in [6.07, 6.45) is 3.15. The second-order valence-electron chi connectivity index (χ2n) is 4.42. The third-order valence-corrected chi connectivity index (χ3v) is 3.96. The van der Waals surface area contributed by atoms with Gasteiger partial charge in [0.2, 0.25) is 0 Å². The number of aromatic nitrogens is 3. The van der Waals surface area contributed by atoms with Crippen LogP contribution in [0, 0.1) is 0 Å². The lowest BCUT2D eigenvalue weighted by Gasteiger charge is -2.15. The standard InChI is InChI=1S/C13H13N5OS/c1-7(13-15-2-3-20-13)18-11-5-10-8(4-9(11)14)12(19)17-6-16-10/h2-7,18H,14H2,1H3,(H,16,17,19). The number of anilines is 2. The van der Waals surface area contributed by atoms with E-state index in [0.29, 0.717) is 16.6 Å². The summed E-state index contributed by atoms with van der Waals surface area (Å²) in [7, 11) is 0. The lowest BCUT2D eigenvalue weighted by molar-refractivity contribution is 0.870. The number of hydrogen-bond donors (Lipinski definition) is 3. The number of nitrogens with two attached hydrogens (primary N) is 1. The molecular formula is C13H13N5OS. The summed E-state index contributed by atoms with van der Waals surface area (Å²) in [5.41, 5.74) is 7.67. The van der Waals surface area contributed by atoms with Crippen LogP contribution in [0.25, 0.3) is 10.9 Å². The minimum absolute atomic E-state index is 0.0387. The van der Waals surface area contributed by atoms with Crippen LogP contribution in [0.4, 0.5) is 11.4 Å². The fourth-order valence-electron chi connectivity index (χ4n) is 2.00. The van der Waals surface area contributed by atoms with Gasteiger partial charge >= 0.3 is 0 Å². The SMILES string of the molecule is CC(Nc1cc2nc[nH]c(=O)c2cc1N)c1nccs1. The van der Waals surface area contributed by atoms with Crippen LogP contribution in [0.1, 0.15) is 18.0 Å². The Morgan fingerprint density at radius 2 is 2.25 bits per heavy atom. The number of nitrogen functional groups attached to an aromatic ring is 1. The summed E-state index contributed by atoms with van der Waals surface area (Å²) in [6.45, 7) is 2.01. The van der Waals surface area contributed by atoms with Gasteiger partial charge in [-0.1, -0.05) is 0 Å². The molecule has 0 spiro atoms. The molecule has 0 saturated carbocycles. The van der Waals surface area contributed by atoms with Crippen LogP contribution in [-0.2, 0) is 0 Å². The highest BCUT2D eigenvalue weighted by molar-refractivity contribution is 7.09. The summed E-state index contributed by atoms with van der Waals surface area (Å²) < 4.78 is 0. The van der Waals surface area contributed by atoms with Gasteiger partial charge in [0.05, 0.1) is 34.6 Å². The van der Waals surface area contributed by atoms with Crippen LogP contribution in [0.2, 0.25) is 0 Å². The van der Waals surface area contributed by atoms with E-state index in [1.807, 2.05) is 12.3 Å². The molecule has 7 heteroatoms. The highest BCUT2D eigenvalue weighted by Gasteiger charge is 2.11. The number of rotatable bonds is 3. The van der Waals surface area contributed by atoms with Crippen molar-refractivity contribution in [3.8, 4) is 0 Å². The molecule has 4 N–H and O–H groups in total. The summed E-state index contributed by atoms with van der Waals surface area (Å²) >= 11 is 1.58. The number of thiazole rings is 1. The number of benzene rings is 1. The third-order valence-electron chi connectivity index (χ3n) is 3.01. The van der Waals surface area contributed by atoms with Gasteiger partial charge in [-0.05, 0) is 19.1 Å². The van der Waals surface area contributed by atoms with Crippen LogP contribution in [0.3, 0.4) is 0 Å².